The van der Waals surface area contributed by atoms with Gasteiger partial charge in [-0.2, -0.15) is 0 Å². The van der Waals surface area contributed by atoms with Crippen LogP contribution in [0.4, 0.5) is 5.69 Å². The Hall–Kier alpha value is -0.910. The summed E-state index contributed by atoms with van der Waals surface area (Å²) in [5, 5.41) is 3.42. The maximum Gasteiger partial charge on any atom is 0.230 e. The maximum atomic E-state index is 11.6. The number of halogens is 1. The van der Waals surface area contributed by atoms with Gasteiger partial charge in [-0.1, -0.05) is 11.6 Å². The Morgan fingerprint density at radius 2 is 2.33 bits per heavy atom. The van der Waals surface area contributed by atoms with E-state index < -0.39 is 0 Å². The van der Waals surface area contributed by atoms with Crippen LogP contribution in [0.2, 0.25) is 5.02 Å². The quantitative estimate of drug-likeness (QED) is 0.622. The van der Waals surface area contributed by atoms with E-state index in [1.54, 1.807) is 19.2 Å². The van der Waals surface area contributed by atoms with Crippen molar-refractivity contribution in [3.05, 3.63) is 23.2 Å². The van der Waals surface area contributed by atoms with Gasteiger partial charge in [-0.25, -0.2) is 0 Å². The Morgan fingerprint density at radius 1 is 1.61 bits per heavy atom. The zero-order chi connectivity index (χ0) is 13.5. The van der Waals surface area contributed by atoms with Crippen molar-refractivity contribution in [3.8, 4) is 0 Å². The van der Waals surface area contributed by atoms with Gasteiger partial charge in [0, 0.05) is 28.8 Å². The summed E-state index contributed by atoms with van der Waals surface area (Å²) in [7, 11) is 1.60. The van der Waals surface area contributed by atoms with Gasteiger partial charge in [0.2, 0.25) is 5.91 Å². The molecule has 4 nitrogen and oxygen atoms in total. The zero-order valence-electron chi connectivity index (χ0n) is 10.4. The molecule has 1 atom stereocenters. The highest BCUT2D eigenvalue weighted by atomic mass is 35.5. The third-order valence-electron chi connectivity index (χ3n) is 2.15. The van der Waals surface area contributed by atoms with Gasteiger partial charge in [0.05, 0.1) is 12.4 Å². The van der Waals surface area contributed by atoms with Crippen LogP contribution >= 0.6 is 23.4 Å². The summed E-state index contributed by atoms with van der Waals surface area (Å²) >= 11 is 7.19. The third-order valence-corrected chi connectivity index (χ3v) is 3.48. The second-order valence-electron chi connectivity index (χ2n) is 3.89. The Morgan fingerprint density at radius 3 is 2.94 bits per heavy atom. The van der Waals surface area contributed by atoms with Crippen molar-refractivity contribution >= 4 is 35.0 Å². The molecular weight excluding hydrogens is 272 g/mol. The predicted octanol–water partition coefficient (Wildman–Crippen LogP) is 2.17. The molecular formula is C12H17ClN2O2S. The van der Waals surface area contributed by atoms with Crippen LogP contribution in [-0.2, 0) is 9.53 Å². The molecule has 0 bridgehead atoms. The van der Waals surface area contributed by atoms with Crippen molar-refractivity contribution in [2.45, 2.75) is 17.9 Å². The van der Waals surface area contributed by atoms with E-state index in [2.05, 4.69) is 5.32 Å². The molecule has 0 aliphatic rings. The standard InChI is InChI=1S/C12H17ClN2O2S/c1-8(6-17-2)15-12(16)7-18-11-4-3-9(13)5-10(11)14/h3-5,8H,6-7,14H2,1-2H3,(H,15,16). The second-order valence-corrected chi connectivity index (χ2v) is 5.35. The number of benzene rings is 1. The van der Waals surface area contributed by atoms with E-state index in [9.17, 15) is 4.79 Å². The minimum atomic E-state index is -0.0427. The van der Waals surface area contributed by atoms with Crippen LogP contribution in [0.25, 0.3) is 0 Å². The zero-order valence-corrected chi connectivity index (χ0v) is 12.0. The van der Waals surface area contributed by atoms with Crippen LogP contribution in [0.15, 0.2) is 23.1 Å². The fourth-order valence-corrected chi connectivity index (χ4v) is 2.34. The SMILES string of the molecule is COCC(C)NC(=O)CSc1ccc(Cl)cc1N. The first kappa shape index (κ1) is 15.1. The molecule has 0 radical (unpaired) electrons. The summed E-state index contributed by atoms with van der Waals surface area (Å²) in [5.74, 6) is 0.277. The average Bonchev–Trinajstić information content (AvgIpc) is 2.28. The maximum absolute atomic E-state index is 11.6. The molecule has 0 saturated carbocycles. The Bertz CT molecular complexity index is 415. The number of carbonyl (C=O) groups excluding carboxylic acids is 1. The lowest BCUT2D eigenvalue weighted by Crippen LogP contribution is -2.36. The van der Waals surface area contributed by atoms with Gasteiger partial charge in [0.25, 0.3) is 0 Å². The van der Waals surface area contributed by atoms with Gasteiger partial charge < -0.3 is 15.8 Å². The summed E-state index contributed by atoms with van der Waals surface area (Å²) in [5.41, 5.74) is 6.39. The number of hydrogen-bond donors (Lipinski definition) is 2. The van der Waals surface area contributed by atoms with Gasteiger partial charge in [-0.3, -0.25) is 4.79 Å². The van der Waals surface area contributed by atoms with E-state index in [0.717, 1.165) is 4.90 Å². The predicted molar refractivity (Wildman–Crippen MR) is 76.1 cm³/mol. The number of hydrogen-bond acceptors (Lipinski definition) is 4. The van der Waals surface area contributed by atoms with Crippen molar-refractivity contribution in [3.63, 3.8) is 0 Å². The lowest BCUT2D eigenvalue weighted by molar-refractivity contribution is -0.119. The molecule has 0 spiro atoms. The second kappa shape index (κ2) is 7.51. The molecule has 1 unspecified atom stereocenters. The molecule has 1 aromatic rings. The van der Waals surface area contributed by atoms with E-state index in [-0.39, 0.29) is 11.9 Å². The molecule has 0 aromatic heterocycles. The van der Waals surface area contributed by atoms with Crippen molar-refractivity contribution in [2.75, 3.05) is 25.2 Å². The van der Waals surface area contributed by atoms with Crippen LogP contribution < -0.4 is 11.1 Å². The Labute approximate surface area is 116 Å². The van der Waals surface area contributed by atoms with Gasteiger partial charge in [-0.05, 0) is 25.1 Å². The largest absolute Gasteiger partial charge is 0.398 e. The average molecular weight is 289 g/mol. The van der Waals surface area contributed by atoms with E-state index >= 15 is 0 Å². The van der Waals surface area contributed by atoms with Gasteiger partial charge in [0.15, 0.2) is 0 Å². The summed E-state index contributed by atoms with van der Waals surface area (Å²) in [6.07, 6.45) is 0. The number of amides is 1. The third kappa shape index (κ3) is 5.16. The summed E-state index contributed by atoms with van der Waals surface area (Å²) in [4.78, 5) is 12.5. The number of carbonyl (C=O) groups is 1. The van der Waals surface area contributed by atoms with Crippen molar-refractivity contribution in [1.29, 1.82) is 0 Å². The van der Waals surface area contributed by atoms with Crippen LogP contribution in [0.3, 0.4) is 0 Å². The summed E-state index contributed by atoms with van der Waals surface area (Å²) in [6.45, 7) is 2.39. The number of nitrogens with two attached hydrogens (primary N) is 1. The normalized spacial score (nSPS) is 12.2. The molecule has 18 heavy (non-hydrogen) atoms. The topological polar surface area (TPSA) is 64.3 Å². The van der Waals surface area contributed by atoms with Crippen LogP contribution in [-0.4, -0.2) is 31.4 Å². The first-order valence-electron chi connectivity index (χ1n) is 5.49. The van der Waals surface area contributed by atoms with Crippen LogP contribution in [0, 0.1) is 0 Å². The van der Waals surface area contributed by atoms with E-state index in [4.69, 9.17) is 22.1 Å². The molecule has 6 heteroatoms. The van der Waals surface area contributed by atoms with E-state index in [1.807, 2.05) is 13.0 Å². The lowest BCUT2D eigenvalue weighted by Gasteiger charge is -2.12. The number of methoxy groups -OCH3 is 1. The first-order valence-corrected chi connectivity index (χ1v) is 6.85. The smallest absolute Gasteiger partial charge is 0.230 e. The number of nitrogen functional groups attached to an aromatic ring is 1. The summed E-state index contributed by atoms with van der Waals surface area (Å²) in [6, 6.07) is 5.25. The van der Waals surface area contributed by atoms with Crippen molar-refractivity contribution in [2.24, 2.45) is 0 Å². The van der Waals surface area contributed by atoms with Gasteiger partial charge in [0.1, 0.15) is 0 Å². The monoisotopic (exact) mass is 288 g/mol. The summed E-state index contributed by atoms with van der Waals surface area (Å²) < 4.78 is 4.94. The molecule has 100 valence electrons. The highest BCUT2D eigenvalue weighted by molar-refractivity contribution is 8.00. The lowest BCUT2D eigenvalue weighted by atomic mass is 10.3. The van der Waals surface area contributed by atoms with Crippen LogP contribution in [0.5, 0.6) is 0 Å². The number of nitrogens with one attached hydrogen (secondary N) is 1. The van der Waals surface area contributed by atoms with Gasteiger partial charge >= 0.3 is 0 Å². The first-order chi connectivity index (χ1) is 8.52. The fourth-order valence-electron chi connectivity index (χ4n) is 1.40. The molecule has 0 aliphatic carbocycles. The molecule has 0 saturated heterocycles. The molecule has 1 aromatic carbocycles. The minimum Gasteiger partial charge on any atom is -0.398 e. The number of anilines is 1. The molecule has 0 aliphatic heterocycles. The molecule has 0 heterocycles. The molecule has 0 fully saturated rings. The van der Waals surface area contributed by atoms with Gasteiger partial charge in [-0.15, -0.1) is 11.8 Å². The molecule has 3 N–H and O–H groups in total. The minimum absolute atomic E-state index is 0.00525. The number of rotatable bonds is 6. The van der Waals surface area contributed by atoms with Crippen LogP contribution in [0.1, 0.15) is 6.92 Å². The Kier molecular flexibility index (Phi) is 6.32. The fraction of sp³-hybridized carbons (Fsp3) is 0.417. The van der Waals surface area contributed by atoms with Crippen molar-refractivity contribution < 1.29 is 9.53 Å². The van der Waals surface area contributed by atoms with E-state index in [0.29, 0.717) is 23.1 Å². The highest BCUT2D eigenvalue weighted by Gasteiger charge is 2.08. The number of ether oxygens (including phenoxy) is 1. The van der Waals surface area contributed by atoms with E-state index in [1.165, 1.54) is 11.8 Å². The molecule has 1 rings (SSSR count). The van der Waals surface area contributed by atoms with Crippen molar-refractivity contribution in [1.82, 2.24) is 5.32 Å². The highest BCUT2D eigenvalue weighted by Crippen LogP contribution is 2.27. The Balaban J connectivity index is 2.42. The molecule has 1 amide bonds. The number of thioether (sulfide) groups is 1.